The molecule has 0 aliphatic heterocycles. The first-order valence-electron chi connectivity index (χ1n) is 4.68. The first-order chi connectivity index (χ1) is 6.04. The van der Waals surface area contributed by atoms with Crippen LogP contribution in [0.3, 0.4) is 0 Å². The van der Waals surface area contributed by atoms with E-state index in [1.807, 2.05) is 25.7 Å². The van der Waals surface area contributed by atoms with Gasteiger partial charge in [0.1, 0.15) is 0 Å². The highest BCUT2D eigenvalue weighted by molar-refractivity contribution is 5.80. The third kappa shape index (κ3) is 3.74. The predicted molar refractivity (Wildman–Crippen MR) is 52.2 cm³/mol. The molecular weight excluding hydrogens is 168 g/mol. The second kappa shape index (κ2) is 5.94. The fraction of sp³-hybridized carbons (Fsp3) is 0.889. The Balaban J connectivity index is 4.39. The molecule has 0 rings (SSSR count). The summed E-state index contributed by atoms with van der Waals surface area (Å²) in [6.45, 7) is 7.15. The van der Waals surface area contributed by atoms with Crippen molar-refractivity contribution in [2.45, 2.75) is 26.8 Å². The molecule has 3 N–H and O–H groups in total. The zero-order valence-electron chi connectivity index (χ0n) is 8.66. The van der Waals surface area contributed by atoms with Gasteiger partial charge in [0, 0.05) is 6.54 Å². The number of nitrogens with two attached hydrogens (primary N) is 1. The van der Waals surface area contributed by atoms with E-state index in [-0.39, 0.29) is 24.5 Å². The molecule has 0 saturated carbocycles. The van der Waals surface area contributed by atoms with E-state index in [4.69, 9.17) is 10.8 Å². The predicted octanol–water partition coefficient (Wildman–Crippen LogP) is -0.189. The molecule has 4 heteroatoms. The van der Waals surface area contributed by atoms with E-state index in [9.17, 15) is 4.79 Å². The Hall–Kier alpha value is -0.610. The first kappa shape index (κ1) is 12.4. The van der Waals surface area contributed by atoms with E-state index in [0.717, 1.165) is 6.54 Å². The van der Waals surface area contributed by atoms with Gasteiger partial charge in [-0.3, -0.25) is 9.69 Å². The highest BCUT2D eigenvalue weighted by Gasteiger charge is 2.25. The van der Waals surface area contributed by atoms with Gasteiger partial charge in [-0.25, -0.2) is 0 Å². The number of amides is 1. The van der Waals surface area contributed by atoms with Gasteiger partial charge in [0.25, 0.3) is 0 Å². The molecule has 0 heterocycles. The lowest BCUT2D eigenvalue weighted by atomic mass is 10.0. The minimum Gasteiger partial charge on any atom is -0.395 e. The van der Waals surface area contributed by atoms with Crippen LogP contribution in [0.15, 0.2) is 0 Å². The molecular formula is C9H20N2O2. The Bertz CT molecular complexity index is 160. The van der Waals surface area contributed by atoms with Crippen molar-refractivity contribution >= 4 is 5.91 Å². The van der Waals surface area contributed by atoms with Crippen molar-refractivity contribution in [1.82, 2.24) is 4.90 Å². The Morgan fingerprint density at radius 3 is 2.31 bits per heavy atom. The zero-order valence-corrected chi connectivity index (χ0v) is 8.66. The lowest BCUT2D eigenvalue weighted by Crippen LogP contribution is -2.48. The van der Waals surface area contributed by atoms with Gasteiger partial charge in [-0.1, -0.05) is 20.8 Å². The van der Waals surface area contributed by atoms with Crippen molar-refractivity contribution in [3.8, 4) is 0 Å². The third-order valence-electron chi connectivity index (χ3n) is 2.11. The molecule has 0 aromatic carbocycles. The summed E-state index contributed by atoms with van der Waals surface area (Å²) in [6.07, 6.45) is 0. The van der Waals surface area contributed by atoms with Crippen LogP contribution in [0.5, 0.6) is 0 Å². The summed E-state index contributed by atoms with van der Waals surface area (Å²) in [5, 5.41) is 8.79. The van der Waals surface area contributed by atoms with Gasteiger partial charge in [-0.2, -0.15) is 0 Å². The number of nitrogens with zero attached hydrogens (tertiary/aromatic N) is 1. The van der Waals surface area contributed by atoms with Crippen LogP contribution < -0.4 is 5.73 Å². The number of carbonyl (C=O) groups is 1. The molecule has 1 amide bonds. The minimum atomic E-state index is -0.315. The van der Waals surface area contributed by atoms with Gasteiger partial charge in [0.05, 0.1) is 12.6 Å². The summed E-state index contributed by atoms with van der Waals surface area (Å²) in [6, 6.07) is -0.267. The standard InChI is InChI=1S/C9H20N2O2/c1-4-11(5-6-12)8(7(2)3)9(10)13/h7-8,12H,4-6H2,1-3H3,(H2,10,13). The van der Waals surface area contributed by atoms with E-state index in [0.29, 0.717) is 6.54 Å². The van der Waals surface area contributed by atoms with E-state index < -0.39 is 0 Å². The Morgan fingerprint density at radius 2 is 2.08 bits per heavy atom. The monoisotopic (exact) mass is 188 g/mol. The van der Waals surface area contributed by atoms with E-state index in [2.05, 4.69) is 0 Å². The largest absolute Gasteiger partial charge is 0.395 e. The lowest BCUT2D eigenvalue weighted by molar-refractivity contribution is -0.124. The molecule has 78 valence electrons. The van der Waals surface area contributed by atoms with Crippen molar-refractivity contribution in [3.05, 3.63) is 0 Å². The number of hydrogen-bond acceptors (Lipinski definition) is 3. The van der Waals surface area contributed by atoms with Gasteiger partial charge >= 0.3 is 0 Å². The second-order valence-electron chi connectivity index (χ2n) is 3.44. The minimum absolute atomic E-state index is 0.0599. The van der Waals surface area contributed by atoms with Gasteiger partial charge in [0.15, 0.2) is 0 Å². The van der Waals surface area contributed by atoms with Crippen molar-refractivity contribution < 1.29 is 9.90 Å². The summed E-state index contributed by atoms with van der Waals surface area (Å²) in [7, 11) is 0. The molecule has 0 aliphatic rings. The van der Waals surface area contributed by atoms with Crippen LogP contribution in [-0.4, -0.2) is 41.7 Å². The third-order valence-corrected chi connectivity index (χ3v) is 2.11. The summed E-state index contributed by atoms with van der Waals surface area (Å²) < 4.78 is 0. The smallest absolute Gasteiger partial charge is 0.235 e. The second-order valence-corrected chi connectivity index (χ2v) is 3.44. The van der Waals surface area contributed by atoms with E-state index >= 15 is 0 Å². The molecule has 1 unspecified atom stereocenters. The molecule has 0 fully saturated rings. The molecule has 13 heavy (non-hydrogen) atoms. The summed E-state index contributed by atoms with van der Waals surface area (Å²) >= 11 is 0. The van der Waals surface area contributed by atoms with Crippen molar-refractivity contribution in [3.63, 3.8) is 0 Å². The lowest BCUT2D eigenvalue weighted by Gasteiger charge is -2.30. The fourth-order valence-electron chi connectivity index (χ4n) is 1.55. The van der Waals surface area contributed by atoms with Gasteiger partial charge in [-0.05, 0) is 12.5 Å². The summed E-state index contributed by atoms with van der Waals surface area (Å²) in [5.74, 6) is -0.130. The number of carbonyl (C=O) groups excluding carboxylic acids is 1. The molecule has 0 radical (unpaired) electrons. The van der Waals surface area contributed by atoms with Crippen LogP contribution in [0, 0.1) is 5.92 Å². The molecule has 0 bridgehead atoms. The summed E-state index contributed by atoms with van der Waals surface area (Å²) in [4.78, 5) is 13.0. The SMILES string of the molecule is CCN(CCO)C(C(N)=O)C(C)C. The van der Waals surface area contributed by atoms with E-state index in [1.54, 1.807) is 0 Å². The number of aliphatic hydroxyl groups excluding tert-OH is 1. The quantitative estimate of drug-likeness (QED) is 0.607. The molecule has 1 atom stereocenters. The molecule has 4 nitrogen and oxygen atoms in total. The zero-order chi connectivity index (χ0) is 10.4. The average Bonchev–Trinajstić information content (AvgIpc) is 2.02. The molecule has 0 spiro atoms. The Labute approximate surface area is 79.7 Å². The molecule has 0 aliphatic carbocycles. The van der Waals surface area contributed by atoms with Crippen LogP contribution in [0.4, 0.5) is 0 Å². The van der Waals surface area contributed by atoms with Crippen LogP contribution in [0.2, 0.25) is 0 Å². The highest BCUT2D eigenvalue weighted by Crippen LogP contribution is 2.09. The normalized spacial score (nSPS) is 13.7. The number of aliphatic hydroxyl groups is 1. The molecule has 0 saturated heterocycles. The van der Waals surface area contributed by atoms with Gasteiger partial charge in [-0.15, -0.1) is 0 Å². The van der Waals surface area contributed by atoms with Crippen LogP contribution >= 0.6 is 0 Å². The van der Waals surface area contributed by atoms with E-state index in [1.165, 1.54) is 0 Å². The maximum absolute atomic E-state index is 11.1. The topological polar surface area (TPSA) is 66.6 Å². The Kier molecular flexibility index (Phi) is 5.66. The van der Waals surface area contributed by atoms with Crippen molar-refractivity contribution in [1.29, 1.82) is 0 Å². The maximum Gasteiger partial charge on any atom is 0.235 e. The first-order valence-corrected chi connectivity index (χ1v) is 4.68. The number of rotatable bonds is 6. The number of hydrogen-bond donors (Lipinski definition) is 2. The Morgan fingerprint density at radius 1 is 1.54 bits per heavy atom. The maximum atomic E-state index is 11.1. The highest BCUT2D eigenvalue weighted by atomic mass is 16.3. The van der Waals surface area contributed by atoms with Gasteiger partial charge in [0.2, 0.25) is 5.91 Å². The van der Waals surface area contributed by atoms with Crippen LogP contribution in [0.1, 0.15) is 20.8 Å². The van der Waals surface area contributed by atoms with Crippen LogP contribution in [0.25, 0.3) is 0 Å². The van der Waals surface area contributed by atoms with Crippen molar-refractivity contribution in [2.24, 2.45) is 11.7 Å². The van der Waals surface area contributed by atoms with Crippen LogP contribution in [-0.2, 0) is 4.79 Å². The average molecular weight is 188 g/mol. The molecule has 0 aromatic heterocycles. The van der Waals surface area contributed by atoms with Gasteiger partial charge < -0.3 is 10.8 Å². The molecule has 0 aromatic rings. The fourth-order valence-corrected chi connectivity index (χ4v) is 1.55. The summed E-state index contributed by atoms with van der Waals surface area (Å²) in [5.41, 5.74) is 5.28. The number of primary amides is 1. The number of likely N-dealkylation sites (N-methyl/N-ethyl adjacent to an activating group) is 1. The van der Waals surface area contributed by atoms with Crippen molar-refractivity contribution in [2.75, 3.05) is 19.7 Å².